The number of rotatable bonds is 7. The fraction of sp³-hybridized carbons (Fsp3) is 0.385. The molecule has 0 aliphatic carbocycles. The highest BCUT2D eigenvalue weighted by molar-refractivity contribution is 5.78. The fourth-order valence-electron chi connectivity index (χ4n) is 1.39. The monoisotopic (exact) mass is 249 g/mol. The fourth-order valence-corrected chi connectivity index (χ4v) is 1.39. The molecular weight excluding hydrogens is 230 g/mol. The second-order valence-electron chi connectivity index (χ2n) is 3.86. The molecule has 0 aliphatic heterocycles. The molecule has 0 saturated heterocycles. The van der Waals surface area contributed by atoms with Crippen molar-refractivity contribution < 1.29 is 9.59 Å². The maximum atomic E-state index is 11.5. The van der Waals surface area contributed by atoms with E-state index in [0.29, 0.717) is 19.5 Å². The van der Waals surface area contributed by atoms with Crippen LogP contribution in [0.3, 0.4) is 0 Å². The van der Waals surface area contributed by atoms with Crippen LogP contribution in [-0.2, 0) is 16.1 Å². The van der Waals surface area contributed by atoms with Crippen molar-refractivity contribution in [3.8, 4) is 0 Å². The highest BCUT2D eigenvalue weighted by Gasteiger charge is 2.01. The SMILES string of the molecule is CNC(=O)CCNCC(=O)NCc1ccccc1. The van der Waals surface area contributed by atoms with E-state index in [1.165, 1.54) is 0 Å². The topological polar surface area (TPSA) is 70.2 Å². The van der Waals surface area contributed by atoms with Crippen LogP contribution in [0.4, 0.5) is 0 Å². The van der Waals surface area contributed by atoms with Crippen LogP contribution in [0.5, 0.6) is 0 Å². The predicted octanol–water partition coefficient (Wildman–Crippen LogP) is 0.0285. The van der Waals surface area contributed by atoms with Crippen molar-refractivity contribution in [3.63, 3.8) is 0 Å². The minimum absolute atomic E-state index is 0.0350. The zero-order chi connectivity index (χ0) is 13.2. The van der Waals surface area contributed by atoms with Gasteiger partial charge >= 0.3 is 0 Å². The number of benzene rings is 1. The summed E-state index contributed by atoms with van der Waals surface area (Å²) in [6.45, 7) is 1.25. The van der Waals surface area contributed by atoms with E-state index < -0.39 is 0 Å². The van der Waals surface area contributed by atoms with Gasteiger partial charge < -0.3 is 16.0 Å². The summed E-state index contributed by atoms with van der Waals surface area (Å²) in [7, 11) is 1.59. The van der Waals surface area contributed by atoms with E-state index in [9.17, 15) is 9.59 Å². The van der Waals surface area contributed by atoms with Gasteiger partial charge in [0.25, 0.3) is 0 Å². The Labute approximate surface area is 107 Å². The molecule has 0 spiro atoms. The number of hydrogen-bond acceptors (Lipinski definition) is 3. The van der Waals surface area contributed by atoms with Crippen LogP contribution >= 0.6 is 0 Å². The minimum Gasteiger partial charge on any atom is -0.359 e. The molecule has 1 aromatic carbocycles. The molecule has 3 N–H and O–H groups in total. The van der Waals surface area contributed by atoms with Gasteiger partial charge in [0, 0.05) is 26.6 Å². The van der Waals surface area contributed by atoms with Crippen molar-refractivity contribution in [1.29, 1.82) is 0 Å². The van der Waals surface area contributed by atoms with E-state index in [1.807, 2.05) is 30.3 Å². The molecule has 18 heavy (non-hydrogen) atoms. The first-order valence-corrected chi connectivity index (χ1v) is 5.94. The van der Waals surface area contributed by atoms with Gasteiger partial charge in [0.05, 0.1) is 6.54 Å². The summed E-state index contributed by atoms with van der Waals surface area (Å²) >= 11 is 0. The van der Waals surface area contributed by atoms with Gasteiger partial charge in [0.2, 0.25) is 11.8 Å². The van der Waals surface area contributed by atoms with Gasteiger partial charge in [0.15, 0.2) is 0 Å². The Bertz CT molecular complexity index is 379. The first-order chi connectivity index (χ1) is 8.72. The maximum Gasteiger partial charge on any atom is 0.234 e. The average molecular weight is 249 g/mol. The summed E-state index contributed by atoms with van der Waals surface area (Å²) < 4.78 is 0. The summed E-state index contributed by atoms with van der Waals surface area (Å²) in [5.41, 5.74) is 1.07. The first-order valence-electron chi connectivity index (χ1n) is 5.94. The van der Waals surface area contributed by atoms with Crippen LogP contribution in [0.25, 0.3) is 0 Å². The van der Waals surface area contributed by atoms with Crippen molar-refractivity contribution >= 4 is 11.8 Å². The second-order valence-corrected chi connectivity index (χ2v) is 3.86. The Morgan fingerprint density at radius 1 is 1.11 bits per heavy atom. The molecule has 1 rings (SSSR count). The molecule has 0 heterocycles. The lowest BCUT2D eigenvalue weighted by Gasteiger charge is -2.06. The number of carbonyl (C=O) groups excluding carboxylic acids is 2. The van der Waals surface area contributed by atoms with Crippen LogP contribution in [0.1, 0.15) is 12.0 Å². The quantitative estimate of drug-likeness (QED) is 0.597. The standard InChI is InChI=1S/C13H19N3O2/c1-14-12(17)7-8-15-10-13(18)16-9-11-5-3-2-4-6-11/h2-6,15H,7-10H2,1H3,(H,14,17)(H,16,18). The van der Waals surface area contributed by atoms with E-state index in [-0.39, 0.29) is 18.4 Å². The molecule has 0 aromatic heterocycles. The molecule has 5 nitrogen and oxygen atoms in total. The summed E-state index contributed by atoms with van der Waals surface area (Å²) in [6.07, 6.45) is 0.377. The van der Waals surface area contributed by atoms with E-state index in [1.54, 1.807) is 7.05 Å². The third-order valence-electron chi connectivity index (χ3n) is 2.43. The molecule has 0 saturated carbocycles. The zero-order valence-corrected chi connectivity index (χ0v) is 10.5. The molecule has 2 amide bonds. The number of amides is 2. The molecular formula is C13H19N3O2. The van der Waals surface area contributed by atoms with Gasteiger partial charge in [-0.3, -0.25) is 9.59 Å². The third kappa shape index (κ3) is 6.00. The van der Waals surface area contributed by atoms with Crippen molar-refractivity contribution in [3.05, 3.63) is 35.9 Å². The van der Waals surface area contributed by atoms with Gasteiger partial charge in [0.1, 0.15) is 0 Å². The largest absolute Gasteiger partial charge is 0.359 e. The second kappa shape index (κ2) is 8.25. The van der Waals surface area contributed by atoms with Crippen LogP contribution in [0.15, 0.2) is 30.3 Å². The molecule has 5 heteroatoms. The highest BCUT2D eigenvalue weighted by Crippen LogP contribution is 1.96. The van der Waals surface area contributed by atoms with E-state index >= 15 is 0 Å². The molecule has 0 bridgehead atoms. The smallest absolute Gasteiger partial charge is 0.234 e. The number of hydrogen-bond donors (Lipinski definition) is 3. The average Bonchev–Trinajstić information content (AvgIpc) is 2.42. The molecule has 0 atom stereocenters. The first kappa shape index (κ1) is 14.2. The van der Waals surface area contributed by atoms with Gasteiger partial charge in [-0.2, -0.15) is 0 Å². The Morgan fingerprint density at radius 3 is 2.50 bits per heavy atom. The lowest BCUT2D eigenvalue weighted by atomic mass is 10.2. The molecule has 0 unspecified atom stereocenters. The normalized spacial score (nSPS) is 9.83. The highest BCUT2D eigenvalue weighted by atomic mass is 16.2. The third-order valence-corrected chi connectivity index (χ3v) is 2.43. The van der Waals surface area contributed by atoms with Crippen molar-refractivity contribution in [2.75, 3.05) is 20.1 Å². The van der Waals surface area contributed by atoms with Crippen LogP contribution in [0, 0.1) is 0 Å². The van der Waals surface area contributed by atoms with Crippen molar-refractivity contribution in [1.82, 2.24) is 16.0 Å². The summed E-state index contributed by atoms with van der Waals surface area (Å²) in [5.74, 6) is -0.108. The Balaban J connectivity index is 2.09. The Morgan fingerprint density at radius 2 is 1.83 bits per heavy atom. The van der Waals surface area contributed by atoms with Gasteiger partial charge in [-0.25, -0.2) is 0 Å². The van der Waals surface area contributed by atoms with Gasteiger partial charge in [-0.05, 0) is 5.56 Å². The van der Waals surface area contributed by atoms with E-state index in [4.69, 9.17) is 0 Å². The lowest BCUT2D eigenvalue weighted by molar-refractivity contribution is -0.122. The minimum atomic E-state index is -0.0734. The number of carbonyl (C=O) groups is 2. The van der Waals surface area contributed by atoms with Crippen molar-refractivity contribution in [2.45, 2.75) is 13.0 Å². The van der Waals surface area contributed by atoms with E-state index in [0.717, 1.165) is 5.56 Å². The Kier molecular flexibility index (Phi) is 6.50. The number of nitrogens with one attached hydrogen (secondary N) is 3. The van der Waals surface area contributed by atoms with E-state index in [2.05, 4.69) is 16.0 Å². The van der Waals surface area contributed by atoms with Gasteiger partial charge in [-0.1, -0.05) is 30.3 Å². The molecule has 0 fully saturated rings. The summed E-state index contributed by atoms with van der Waals surface area (Å²) in [6, 6.07) is 9.72. The summed E-state index contributed by atoms with van der Waals surface area (Å²) in [4.78, 5) is 22.4. The van der Waals surface area contributed by atoms with Crippen LogP contribution in [-0.4, -0.2) is 32.0 Å². The maximum absolute atomic E-state index is 11.5. The molecule has 98 valence electrons. The molecule has 1 aromatic rings. The Hall–Kier alpha value is -1.88. The summed E-state index contributed by atoms with van der Waals surface area (Å²) in [5, 5.41) is 8.23. The van der Waals surface area contributed by atoms with Crippen molar-refractivity contribution in [2.24, 2.45) is 0 Å². The molecule has 0 radical (unpaired) electrons. The van der Waals surface area contributed by atoms with Gasteiger partial charge in [-0.15, -0.1) is 0 Å². The predicted molar refractivity (Wildman–Crippen MR) is 69.8 cm³/mol. The zero-order valence-electron chi connectivity index (χ0n) is 10.5. The lowest BCUT2D eigenvalue weighted by Crippen LogP contribution is -2.35. The van der Waals surface area contributed by atoms with Crippen LogP contribution < -0.4 is 16.0 Å². The van der Waals surface area contributed by atoms with Crippen LogP contribution in [0.2, 0.25) is 0 Å². The molecule has 0 aliphatic rings.